The van der Waals surface area contributed by atoms with E-state index in [4.69, 9.17) is 4.74 Å². The van der Waals surface area contributed by atoms with Gasteiger partial charge in [-0.3, -0.25) is 4.90 Å². The van der Waals surface area contributed by atoms with Crippen molar-refractivity contribution in [3.05, 3.63) is 30.1 Å². The molecule has 1 aromatic rings. The monoisotopic (exact) mass is 292 g/mol. The summed E-state index contributed by atoms with van der Waals surface area (Å²) in [7, 11) is 0. The van der Waals surface area contributed by atoms with Crippen LogP contribution in [-0.2, 0) is 0 Å². The molecule has 3 nitrogen and oxygen atoms in total. The highest BCUT2D eigenvalue weighted by Gasteiger charge is 2.31. The number of nitrogens with zero attached hydrogens (tertiary/aromatic N) is 2. The van der Waals surface area contributed by atoms with Crippen LogP contribution in [0.5, 0.6) is 5.75 Å². The molecule has 2 aliphatic rings. The lowest BCUT2D eigenvalue weighted by Gasteiger charge is -2.42. The molecule has 0 saturated carbocycles. The first-order valence-corrected chi connectivity index (χ1v) is 8.10. The second-order valence-corrected chi connectivity index (χ2v) is 6.29. The Kier molecular flexibility index (Phi) is 4.76. The molecule has 0 bridgehead atoms. The Morgan fingerprint density at radius 3 is 2.76 bits per heavy atom. The van der Waals surface area contributed by atoms with E-state index in [2.05, 4.69) is 16.7 Å². The van der Waals surface area contributed by atoms with Crippen LogP contribution < -0.4 is 4.74 Å². The molecule has 4 heteroatoms. The average Bonchev–Trinajstić information content (AvgIpc) is 2.47. The lowest BCUT2D eigenvalue weighted by Crippen LogP contribution is -2.56. The van der Waals surface area contributed by atoms with E-state index >= 15 is 0 Å². The van der Waals surface area contributed by atoms with Gasteiger partial charge in [0.1, 0.15) is 6.10 Å². The van der Waals surface area contributed by atoms with Gasteiger partial charge in [-0.1, -0.05) is 19.1 Å². The fraction of sp³-hybridized carbons (Fsp3) is 0.647. The second kappa shape index (κ2) is 6.75. The molecule has 0 aromatic heterocycles. The number of hydrogen-bond donors (Lipinski definition) is 0. The van der Waals surface area contributed by atoms with Gasteiger partial charge in [0, 0.05) is 26.2 Å². The largest absolute Gasteiger partial charge is 0.485 e. The zero-order valence-electron chi connectivity index (χ0n) is 12.8. The number of benzene rings is 1. The topological polar surface area (TPSA) is 15.7 Å². The van der Waals surface area contributed by atoms with E-state index in [0.29, 0.717) is 5.75 Å². The fourth-order valence-corrected chi connectivity index (χ4v) is 3.42. The van der Waals surface area contributed by atoms with Crippen molar-refractivity contribution in [1.29, 1.82) is 0 Å². The highest BCUT2D eigenvalue weighted by molar-refractivity contribution is 5.24. The van der Waals surface area contributed by atoms with Gasteiger partial charge in [0.15, 0.2) is 11.6 Å². The SMILES string of the molecule is CCN1CCC[C@@H](CN2CC(Oc3ccccc3F)C2)C1. The molecule has 21 heavy (non-hydrogen) atoms. The summed E-state index contributed by atoms with van der Waals surface area (Å²) >= 11 is 0. The van der Waals surface area contributed by atoms with Gasteiger partial charge >= 0.3 is 0 Å². The van der Waals surface area contributed by atoms with E-state index in [1.165, 1.54) is 32.0 Å². The number of rotatable bonds is 5. The summed E-state index contributed by atoms with van der Waals surface area (Å²) in [5.41, 5.74) is 0. The highest BCUT2D eigenvalue weighted by atomic mass is 19.1. The Morgan fingerprint density at radius 2 is 2.00 bits per heavy atom. The number of para-hydroxylation sites is 1. The Labute approximate surface area is 126 Å². The van der Waals surface area contributed by atoms with Gasteiger partial charge in [0.05, 0.1) is 0 Å². The van der Waals surface area contributed by atoms with Crippen molar-refractivity contribution < 1.29 is 9.13 Å². The summed E-state index contributed by atoms with van der Waals surface area (Å²) in [6, 6.07) is 6.67. The summed E-state index contributed by atoms with van der Waals surface area (Å²) in [6.07, 6.45) is 2.81. The van der Waals surface area contributed by atoms with Gasteiger partial charge in [-0.25, -0.2) is 4.39 Å². The van der Waals surface area contributed by atoms with Gasteiger partial charge in [0.25, 0.3) is 0 Å². The summed E-state index contributed by atoms with van der Waals surface area (Å²) < 4.78 is 19.2. The number of piperidine rings is 1. The molecule has 0 unspecified atom stereocenters. The van der Waals surface area contributed by atoms with Gasteiger partial charge < -0.3 is 9.64 Å². The Hall–Kier alpha value is -1.13. The molecule has 2 fully saturated rings. The van der Waals surface area contributed by atoms with Crippen LogP contribution in [0.3, 0.4) is 0 Å². The van der Waals surface area contributed by atoms with Crippen molar-refractivity contribution >= 4 is 0 Å². The smallest absolute Gasteiger partial charge is 0.165 e. The maximum absolute atomic E-state index is 13.5. The summed E-state index contributed by atoms with van der Waals surface area (Å²) in [6.45, 7) is 8.90. The van der Waals surface area contributed by atoms with Gasteiger partial charge in [-0.2, -0.15) is 0 Å². The van der Waals surface area contributed by atoms with E-state index in [9.17, 15) is 4.39 Å². The summed E-state index contributed by atoms with van der Waals surface area (Å²) in [5.74, 6) is 0.909. The lowest BCUT2D eigenvalue weighted by atomic mass is 9.96. The molecular weight excluding hydrogens is 267 g/mol. The quantitative estimate of drug-likeness (QED) is 0.830. The standard InChI is InChI=1S/C17H25FN2O/c1-2-19-9-5-6-14(10-19)11-20-12-15(13-20)21-17-8-4-3-7-16(17)18/h3-4,7-8,14-15H,2,5-6,9-13H2,1H3/t14-/m1/s1. The molecule has 1 atom stereocenters. The molecule has 2 saturated heterocycles. The molecule has 0 radical (unpaired) electrons. The number of hydrogen-bond acceptors (Lipinski definition) is 3. The van der Waals surface area contributed by atoms with E-state index in [0.717, 1.165) is 32.1 Å². The first-order chi connectivity index (χ1) is 10.2. The lowest BCUT2D eigenvalue weighted by molar-refractivity contribution is -0.0000713. The van der Waals surface area contributed by atoms with Crippen LogP contribution in [0.25, 0.3) is 0 Å². The summed E-state index contributed by atoms with van der Waals surface area (Å²) in [5, 5.41) is 0. The van der Waals surface area contributed by atoms with E-state index in [1.54, 1.807) is 12.1 Å². The average molecular weight is 292 g/mol. The number of ether oxygens (including phenoxy) is 1. The van der Waals surface area contributed by atoms with Crippen LogP contribution in [0.4, 0.5) is 4.39 Å². The molecule has 2 heterocycles. The van der Waals surface area contributed by atoms with Crippen LogP contribution in [-0.4, -0.2) is 55.2 Å². The first-order valence-electron chi connectivity index (χ1n) is 8.10. The van der Waals surface area contributed by atoms with Crippen molar-refractivity contribution in [1.82, 2.24) is 9.80 Å². The first kappa shape index (κ1) is 14.8. The normalized spacial score (nSPS) is 24.8. The van der Waals surface area contributed by atoms with Gasteiger partial charge in [-0.05, 0) is 44.0 Å². The van der Waals surface area contributed by atoms with E-state index in [1.807, 2.05) is 6.07 Å². The number of likely N-dealkylation sites (tertiary alicyclic amines) is 2. The number of halogens is 1. The second-order valence-electron chi connectivity index (χ2n) is 6.29. The third kappa shape index (κ3) is 3.74. The third-order valence-electron chi connectivity index (χ3n) is 4.62. The van der Waals surface area contributed by atoms with Gasteiger partial charge in [0.2, 0.25) is 0 Å². The molecule has 2 aliphatic heterocycles. The minimum atomic E-state index is -0.262. The minimum Gasteiger partial charge on any atom is -0.485 e. The fourth-order valence-electron chi connectivity index (χ4n) is 3.42. The van der Waals surface area contributed by atoms with Gasteiger partial charge in [-0.15, -0.1) is 0 Å². The zero-order chi connectivity index (χ0) is 14.7. The molecule has 0 spiro atoms. The molecule has 3 rings (SSSR count). The van der Waals surface area contributed by atoms with Crippen molar-refractivity contribution in [3.63, 3.8) is 0 Å². The maximum atomic E-state index is 13.5. The molecule has 0 N–H and O–H groups in total. The Morgan fingerprint density at radius 1 is 1.19 bits per heavy atom. The molecule has 116 valence electrons. The molecule has 0 amide bonds. The van der Waals surface area contributed by atoms with Crippen LogP contribution >= 0.6 is 0 Å². The van der Waals surface area contributed by atoms with Crippen LogP contribution in [0, 0.1) is 11.7 Å². The van der Waals surface area contributed by atoms with Crippen molar-refractivity contribution in [3.8, 4) is 5.75 Å². The zero-order valence-corrected chi connectivity index (χ0v) is 12.8. The van der Waals surface area contributed by atoms with E-state index in [-0.39, 0.29) is 11.9 Å². The van der Waals surface area contributed by atoms with Crippen molar-refractivity contribution in [2.75, 3.05) is 39.3 Å². The van der Waals surface area contributed by atoms with Crippen LogP contribution in [0.2, 0.25) is 0 Å². The third-order valence-corrected chi connectivity index (χ3v) is 4.62. The predicted molar refractivity (Wildman–Crippen MR) is 82.1 cm³/mol. The maximum Gasteiger partial charge on any atom is 0.165 e. The Balaban J connectivity index is 1.41. The minimum absolute atomic E-state index is 0.146. The molecular formula is C17H25FN2O. The predicted octanol–water partition coefficient (Wildman–Crippen LogP) is 2.62. The highest BCUT2D eigenvalue weighted by Crippen LogP contribution is 2.24. The Bertz CT molecular complexity index is 462. The molecule has 0 aliphatic carbocycles. The van der Waals surface area contributed by atoms with Crippen molar-refractivity contribution in [2.24, 2.45) is 5.92 Å². The van der Waals surface area contributed by atoms with Crippen LogP contribution in [0.15, 0.2) is 24.3 Å². The van der Waals surface area contributed by atoms with Crippen LogP contribution in [0.1, 0.15) is 19.8 Å². The van der Waals surface area contributed by atoms with E-state index < -0.39 is 0 Å². The molecule has 1 aromatic carbocycles. The summed E-state index contributed by atoms with van der Waals surface area (Å²) in [4.78, 5) is 4.98. The van der Waals surface area contributed by atoms with Crippen molar-refractivity contribution in [2.45, 2.75) is 25.9 Å².